The van der Waals surface area contributed by atoms with Crippen LogP contribution in [-0.4, -0.2) is 75.0 Å². The van der Waals surface area contributed by atoms with Gasteiger partial charge in [0.15, 0.2) is 9.84 Å². The number of sulfone groups is 1. The fraction of sp³-hybridized carbons (Fsp3) is 0.952. The van der Waals surface area contributed by atoms with E-state index >= 15 is 0 Å². The molecule has 0 atom stereocenters. The number of carboxylic acids is 1. The third-order valence-corrected chi connectivity index (χ3v) is 6.99. The van der Waals surface area contributed by atoms with Crippen LogP contribution < -0.4 is 0 Å². The molecule has 0 aromatic heterocycles. The van der Waals surface area contributed by atoms with Gasteiger partial charge in [0.2, 0.25) is 0 Å². The van der Waals surface area contributed by atoms with E-state index in [1.54, 1.807) is 0 Å². The Hall–Kier alpha value is -0.310. The van der Waals surface area contributed by atoms with E-state index in [1.165, 1.54) is 51.4 Å². The highest BCUT2D eigenvalue weighted by Crippen LogP contribution is 2.12. The Labute approximate surface area is 184 Å². The van der Waals surface area contributed by atoms with Gasteiger partial charge in [-0.05, 0) is 25.6 Å². The lowest BCUT2D eigenvalue weighted by molar-refractivity contribution is -0.137. The molecule has 0 spiro atoms. The van der Waals surface area contributed by atoms with Crippen LogP contribution in [0.2, 0.25) is 0 Å². The van der Waals surface area contributed by atoms with Crippen LogP contribution in [0.3, 0.4) is 0 Å². The summed E-state index contributed by atoms with van der Waals surface area (Å²) in [7, 11) is -1.21. The molecule has 0 aliphatic heterocycles. The Bertz CT molecular complexity index is 485. The van der Waals surface area contributed by atoms with Crippen molar-refractivity contribution < 1.29 is 23.1 Å². The molecule has 0 bridgehead atoms. The van der Waals surface area contributed by atoms with Crippen LogP contribution in [0.4, 0.5) is 0 Å². The van der Waals surface area contributed by atoms with Crippen molar-refractivity contribution in [2.45, 2.75) is 77.0 Å². The quantitative estimate of drug-likeness (QED) is 0.190. The molecule has 0 fully saturated rings. The van der Waals surface area contributed by atoms with Crippen LogP contribution in [0.25, 0.3) is 0 Å². The van der Waals surface area contributed by atoms with Gasteiger partial charge in [-0.25, -0.2) is 8.42 Å². The number of ether oxygens (including phenoxy) is 1. The molecule has 0 aliphatic rings. The first-order valence-electron chi connectivity index (χ1n) is 11.2. The number of hydrogen-bond donors (Lipinski definition) is 2. The van der Waals surface area contributed by atoms with Gasteiger partial charge in [-0.1, -0.05) is 57.8 Å². The minimum Gasteiger partial charge on any atom is -0.481 e. The molecular weight excluding hydrogens is 410 g/mol. The van der Waals surface area contributed by atoms with E-state index in [0.717, 1.165) is 25.0 Å². The van der Waals surface area contributed by atoms with Crippen LogP contribution in [0, 0.1) is 0 Å². The van der Waals surface area contributed by atoms with Gasteiger partial charge in [0.1, 0.15) is 0 Å². The molecule has 0 heterocycles. The molecule has 0 saturated carbocycles. The Morgan fingerprint density at radius 1 is 0.828 bits per heavy atom. The summed E-state index contributed by atoms with van der Waals surface area (Å²) < 4.78 is 29.4. The smallest absolute Gasteiger partial charge is 0.304 e. The zero-order valence-corrected chi connectivity index (χ0v) is 20.0. The first-order chi connectivity index (χ1) is 13.9. The van der Waals surface area contributed by atoms with Crippen LogP contribution in [0.5, 0.6) is 0 Å². The van der Waals surface area contributed by atoms with Crippen molar-refractivity contribution >= 4 is 28.4 Å². The predicted molar refractivity (Wildman–Crippen MR) is 124 cm³/mol. The number of likely N-dealkylation sites (N-methyl/N-ethyl adjacent to an activating group) is 1. The monoisotopic (exact) mass is 453 g/mol. The number of thiol groups is 1. The zero-order chi connectivity index (χ0) is 21.8. The molecule has 0 aromatic carbocycles. The summed E-state index contributed by atoms with van der Waals surface area (Å²) in [5.74, 6) is 0.495. The zero-order valence-electron chi connectivity index (χ0n) is 18.3. The average Bonchev–Trinajstić information content (AvgIpc) is 2.66. The first-order valence-corrected chi connectivity index (χ1v) is 13.6. The summed E-state index contributed by atoms with van der Waals surface area (Å²) in [6.45, 7) is 1.69. The summed E-state index contributed by atoms with van der Waals surface area (Å²) in [6, 6.07) is 0. The molecule has 29 heavy (non-hydrogen) atoms. The van der Waals surface area contributed by atoms with Gasteiger partial charge in [0.25, 0.3) is 0 Å². The summed E-state index contributed by atoms with van der Waals surface area (Å²) in [5.41, 5.74) is 0. The van der Waals surface area contributed by atoms with Gasteiger partial charge >= 0.3 is 5.97 Å². The molecule has 1 N–H and O–H groups in total. The van der Waals surface area contributed by atoms with Gasteiger partial charge in [0, 0.05) is 13.1 Å². The van der Waals surface area contributed by atoms with Gasteiger partial charge in [-0.15, -0.1) is 0 Å². The highest BCUT2D eigenvalue weighted by atomic mass is 32.2. The number of rotatable bonds is 22. The van der Waals surface area contributed by atoms with E-state index in [1.807, 2.05) is 11.9 Å². The Balaban J connectivity index is 3.45. The molecule has 0 aromatic rings. The number of aliphatic carboxylic acids is 1. The van der Waals surface area contributed by atoms with Crippen molar-refractivity contribution in [3.63, 3.8) is 0 Å². The minimum atomic E-state index is -3.04. The summed E-state index contributed by atoms with van der Waals surface area (Å²) in [4.78, 5) is 12.4. The molecule has 8 heteroatoms. The van der Waals surface area contributed by atoms with E-state index in [9.17, 15) is 13.2 Å². The maximum absolute atomic E-state index is 12.0. The van der Waals surface area contributed by atoms with Crippen LogP contribution in [0.15, 0.2) is 0 Å². The number of carboxylic acid groups (broad SMARTS) is 1. The largest absolute Gasteiger partial charge is 0.481 e. The van der Waals surface area contributed by atoms with Gasteiger partial charge < -0.3 is 14.7 Å². The van der Waals surface area contributed by atoms with Crippen molar-refractivity contribution in [1.29, 1.82) is 0 Å². The summed E-state index contributed by atoms with van der Waals surface area (Å²) in [5, 5.41) is 8.62. The van der Waals surface area contributed by atoms with E-state index in [-0.39, 0.29) is 24.5 Å². The molecule has 0 aliphatic carbocycles. The fourth-order valence-electron chi connectivity index (χ4n) is 3.03. The standard InChI is InChI=1S/C21H43NO5S2/c1-22(14-13-21(23)24)15-16-27-17-20-29(25,26)19-12-10-8-6-4-2-3-5-7-9-11-18-28/h28H,2-20H2,1H3,(H,23,24). The van der Waals surface area contributed by atoms with E-state index in [0.29, 0.717) is 19.7 Å². The third kappa shape index (κ3) is 22.2. The second-order valence-electron chi connectivity index (χ2n) is 7.82. The summed E-state index contributed by atoms with van der Waals surface area (Å²) >= 11 is 4.22. The lowest BCUT2D eigenvalue weighted by Gasteiger charge is -2.15. The van der Waals surface area contributed by atoms with Crippen molar-refractivity contribution in [2.75, 3.05) is 50.6 Å². The third-order valence-electron chi connectivity index (χ3n) is 4.98. The second kappa shape index (κ2) is 19.6. The molecule has 0 amide bonds. The van der Waals surface area contributed by atoms with E-state index in [2.05, 4.69) is 12.6 Å². The molecule has 0 unspecified atom stereocenters. The van der Waals surface area contributed by atoms with Crippen molar-refractivity contribution in [1.82, 2.24) is 4.90 Å². The van der Waals surface area contributed by atoms with E-state index < -0.39 is 15.8 Å². The highest BCUT2D eigenvalue weighted by molar-refractivity contribution is 7.91. The van der Waals surface area contributed by atoms with E-state index in [4.69, 9.17) is 9.84 Å². The number of hydrogen-bond acceptors (Lipinski definition) is 6. The Morgan fingerprint density at radius 2 is 1.34 bits per heavy atom. The number of nitrogens with zero attached hydrogens (tertiary/aromatic N) is 1. The van der Waals surface area contributed by atoms with Crippen molar-refractivity contribution in [3.05, 3.63) is 0 Å². The minimum absolute atomic E-state index is 0.0685. The lowest BCUT2D eigenvalue weighted by Crippen LogP contribution is -2.26. The molecule has 6 nitrogen and oxygen atoms in total. The van der Waals surface area contributed by atoms with Gasteiger partial charge in [-0.2, -0.15) is 12.6 Å². The van der Waals surface area contributed by atoms with Crippen LogP contribution in [0.1, 0.15) is 77.0 Å². The van der Waals surface area contributed by atoms with Crippen LogP contribution in [-0.2, 0) is 19.4 Å². The SMILES string of the molecule is CN(CCOCCS(=O)(=O)CCCCCCCCCCCCCS)CCC(=O)O. The summed E-state index contributed by atoms with van der Waals surface area (Å²) in [6.07, 6.45) is 13.2. The molecule has 174 valence electrons. The van der Waals surface area contributed by atoms with Gasteiger partial charge in [-0.3, -0.25) is 4.79 Å². The van der Waals surface area contributed by atoms with Gasteiger partial charge in [0.05, 0.1) is 31.1 Å². The molecule has 0 saturated heterocycles. The molecular formula is C21H43NO5S2. The molecule has 0 rings (SSSR count). The molecule has 0 radical (unpaired) electrons. The number of unbranched alkanes of at least 4 members (excludes halogenated alkanes) is 10. The van der Waals surface area contributed by atoms with Crippen molar-refractivity contribution in [2.24, 2.45) is 0 Å². The normalized spacial score (nSPS) is 12.0. The Morgan fingerprint density at radius 3 is 1.86 bits per heavy atom. The fourth-order valence-corrected chi connectivity index (χ4v) is 4.48. The number of carbonyl (C=O) groups is 1. The predicted octanol–water partition coefficient (Wildman–Crippen LogP) is 4.05. The maximum atomic E-state index is 12.0. The lowest BCUT2D eigenvalue weighted by atomic mass is 10.1. The van der Waals surface area contributed by atoms with Crippen LogP contribution >= 0.6 is 12.6 Å². The Kier molecular flexibility index (Phi) is 19.4. The highest BCUT2D eigenvalue weighted by Gasteiger charge is 2.10. The second-order valence-corrected chi connectivity index (χ2v) is 10.6. The van der Waals surface area contributed by atoms with Crippen molar-refractivity contribution in [3.8, 4) is 0 Å². The maximum Gasteiger partial charge on any atom is 0.304 e. The average molecular weight is 454 g/mol. The first kappa shape index (κ1) is 28.7. The topological polar surface area (TPSA) is 83.9 Å².